The van der Waals surface area contributed by atoms with Crippen LogP contribution in [0.25, 0.3) is 0 Å². The highest BCUT2D eigenvalue weighted by atomic mass is 32.2. The minimum atomic E-state index is -4.10. The quantitative estimate of drug-likeness (QED) is 0.679. The Morgan fingerprint density at radius 1 is 1.15 bits per heavy atom. The molecule has 142 valence electrons. The molecule has 11 heteroatoms. The van der Waals surface area contributed by atoms with Gasteiger partial charge in [-0.1, -0.05) is 0 Å². The molecule has 0 aromatic heterocycles. The van der Waals surface area contributed by atoms with Crippen LogP contribution in [0.3, 0.4) is 0 Å². The summed E-state index contributed by atoms with van der Waals surface area (Å²) < 4.78 is 43.3. The second kappa shape index (κ2) is 7.72. The maximum Gasteiger partial charge on any atom is 0.355 e. The van der Waals surface area contributed by atoms with Crippen LogP contribution in [-0.4, -0.2) is 55.0 Å². The van der Waals surface area contributed by atoms with Crippen LogP contribution in [0.4, 0.5) is 5.69 Å². The second-order valence-corrected chi connectivity index (χ2v) is 6.63. The predicted molar refractivity (Wildman–Crippen MR) is 88.7 cm³/mol. The fourth-order valence-electron chi connectivity index (χ4n) is 2.40. The lowest BCUT2D eigenvalue weighted by Crippen LogP contribution is -2.38. The number of anilines is 1. The van der Waals surface area contributed by atoms with Gasteiger partial charge in [-0.15, -0.1) is 0 Å². The van der Waals surface area contributed by atoms with E-state index < -0.39 is 22.0 Å². The SMILES string of the molecule is COC(=O)C1=C(C(=O)OC)N(c2ccc(OC)c(S(N)(=O)=O)c2)COC1. The number of esters is 2. The minimum Gasteiger partial charge on any atom is -0.495 e. The van der Waals surface area contributed by atoms with Crippen LogP contribution >= 0.6 is 0 Å². The van der Waals surface area contributed by atoms with Crippen molar-refractivity contribution in [1.29, 1.82) is 0 Å². The molecule has 0 amide bonds. The summed E-state index contributed by atoms with van der Waals surface area (Å²) in [7, 11) is -0.490. The first kappa shape index (κ1) is 19.7. The van der Waals surface area contributed by atoms with E-state index in [9.17, 15) is 18.0 Å². The standard InChI is InChI=1S/C15H18N2O8S/c1-22-11-5-4-9(6-12(11)26(16,20)21)17-8-25-7-10(14(18)23-2)13(17)15(19)24-3/h4-6H,7-8H2,1-3H3,(H2,16,20,21). The van der Waals surface area contributed by atoms with Crippen LogP contribution in [-0.2, 0) is 33.8 Å². The molecule has 1 aromatic carbocycles. The number of nitrogens with zero attached hydrogens (tertiary/aromatic N) is 1. The average molecular weight is 386 g/mol. The summed E-state index contributed by atoms with van der Waals surface area (Å²) in [5, 5.41) is 5.21. The number of methoxy groups -OCH3 is 3. The number of nitrogens with two attached hydrogens (primary N) is 1. The van der Waals surface area contributed by atoms with Crippen molar-refractivity contribution in [2.24, 2.45) is 5.14 Å². The van der Waals surface area contributed by atoms with Crippen molar-refractivity contribution in [1.82, 2.24) is 0 Å². The molecule has 0 aliphatic carbocycles. The summed E-state index contributed by atoms with van der Waals surface area (Å²) in [6, 6.07) is 4.07. The number of hydrogen-bond acceptors (Lipinski definition) is 9. The summed E-state index contributed by atoms with van der Waals surface area (Å²) in [6.45, 7) is -0.285. The Morgan fingerprint density at radius 3 is 2.35 bits per heavy atom. The fourth-order valence-corrected chi connectivity index (χ4v) is 3.12. The molecule has 1 aromatic rings. The topological polar surface area (TPSA) is 134 Å². The van der Waals surface area contributed by atoms with Crippen molar-refractivity contribution in [2.45, 2.75) is 4.90 Å². The number of benzene rings is 1. The molecule has 0 spiro atoms. The predicted octanol–water partition coefficient (Wildman–Crippen LogP) is -0.263. The molecule has 0 saturated heterocycles. The van der Waals surface area contributed by atoms with Crippen molar-refractivity contribution >= 4 is 27.6 Å². The van der Waals surface area contributed by atoms with Gasteiger partial charge in [-0.25, -0.2) is 23.1 Å². The molecule has 2 N–H and O–H groups in total. The number of carbonyl (C=O) groups is 2. The number of hydrogen-bond donors (Lipinski definition) is 1. The first-order valence-corrected chi connectivity index (χ1v) is 8.75. The van der Waals surface area contributed by atoms with Crippen molar-refractivity contribution in [3.63, 3.8) is 0 Å². The molecule has 1 aliphatic heterocycles. The maximum absolute atomic E-state index is 12.2. The molecule has 0 saturated carbocycles. The van der Waals surface area contributed by atoms with E-state index in [1.54, 1.807) is 0 Å². The molecular weight excluding hydrogens is 368 g/mol. The molecular formula is C15H18N2O8S. The Bertz CT molecular complexity index is 862. The second-order valence-electron chi connectivity index (χ2n) is 5.10. The van der Waals surface area contributed by atoms with Crippen LogP contribution in [0.1, 0.15) is 0 Å². The number of primary sulfonamides is 1. The van der Waals surface area contributed by atoms with Crippen LogP contribution in [0, 0.1) is 0 Å². The van der Waals surface area contributed by atoms with E-state index in [-0.39, 0.29) is 40.9 Å². The van der Waals surface area contributed by atoms with Gasteiger partial charge < -0.3 is 23.8 Å². The average Bonchev–Trinajstić information content (AvgIpc) is 2.64. The Morgan fingerprint density at radius 2 is 1.81 bits per heavy atom. The van der Waals surface area contributed by atoms with Crippen molar-refractivity contribution < 1.29 is 37.0 Å². The van der Waals surface area contributed by atoms with Gasteiger partial charge in [0.25, 0.3) is 0 Å². The minimum absolute atomic E-state index is 0.0333. The van der Waals surface area contributed by atoms with Gasteiger partial charge in [0.2, 0.25) is 10.0 Å². The smallest absolute Gasteiger partial charge is 0.355 e. The van der Waals surface area contributed by atoms with Crippen molar-refractivity contribution in [3.8, 4) is 5.75 Å². The first-order chi connectivity index (χ1) is 12.2. The molecule has 26 heavy (non-hydrogen) atoms. The Labute approximate surface area is 150 Å². The van der Waals surface area contributed by atoms with Gasteiger partial charge in [-0.3, -0.25) is 0 Å². The van der Waals surface area contributed by atoms with E-state index in [0.717, 1.165) is 14.2 Å². The van der Waals surface area contributed by atoms with Gasteiger partial charge in [0.05, 0.1) is 33.5 Å². The third-order valence-electron chi connectivity index (χ3n) is 3.60. The third-order valence-corrected chi connectivity index (χ3v) is 4.53. The Hall–Kier alpha value is -2.63. The largest absolute Gasteiger partial charge is 0.495 e. The Balaban J connectivity index is 2.65. The molecule has 0 radical (unpaired) electrons. The molecule has 0 atom stereocenters. The summed E-state index contributed by atoms with van der Waals surface area (Å²) in [4.78, 5) is 25.2. The van der Waals surface area contributed by atoms with E-state index in [1.807, 2.05) is 0 Å². The lowest BCUT2D eigenvalue weighted by atomic mass is 10.1. The normalized spacial score (nSPS) is 14.8. The zero-order valence-electron chi connectivity index (χ0n) is 14.3. The molecule has 1 aliphatic rings. The van der Waals surface area contributed by atoms with Gasteiger partial charge in [0, 0.05) is 5.69 Å². The molecule has 0 bridgehead atoms. The van der Waals surface area contributed by atoms with Crippen molar-refractivity contribution in [2.75, 3.05) is 39.6 Å². The van der Waals surface area contributed by atoms with Crippen LogP contribution < -0.4 is 14.8 Å². The molecule has 1 heterocycles. The number of carbonyl (C=O) groups excluding carboxylic acids is 2. The third kappa shape index (κ3) is 3.79. The fraction of sp³-hybridized carbons (Fsp3) is 0.333. The van der Waals surface area contributed by atoms with E-state index >= 15 is 0 Å². The molecule has 10 nitrogen and oxygen atoms in total. The van der Waals surface area contributed by atoms with E-state index in [1.165, 1.54) is 30.2 Å². The molecule has 0 fully saturated rings. The summed E-state index contributed by atoms with van der Waals surface area (Å²) in [5.41, 5.74) is 0.0611. The first-order valence-electron chi connectivity index (χ1n) is 7.20. The zero-order chi connectivity index (χ0) is 19.5. The van der Waals surface area contributed by atoms with Crippen LogP contribution in [0.5, 0.6) is 5.75 Å². The van der Waals surface area contributed by atoms with E-state index in [2.05, 4.69) is 4.74 Å². The summed E-state index contributed by atoms with van der Waals surface area (Å²) >= 11 is 0. The zero-order valence-corrected chi connectivity index (χ0v) is 15.2. The summed E-state index contributed by atoms with van der Waals surface area (Å²) in [5.74, 6) is -1.54. The lowest BCUT2D eigenvalue weighted by Gasteiger charge is -2.31. The highest BCUT2D eigenvalue weighted by Crippen LogP contribution is 2.32. The Kier molecular flexibility index (Phi) is 5.85. The number of sulfonamides is 1. The molecule has 2 rings (SSSR count). The number of rotatable bonds is 5. The van der Waals surface area contributed by atoms with Gasteiger partial charge in [0.15, 0.2) is 0 Å². The van der Waals surface area contributed by atoms with Crippen molar-refractivity contribution in [3.05, 3.63) is 29.5 Å². The van der Waals surface area contributed by atoms with E-state index in [0.29, 0.717) is 0 Å². The van der Waals surface area contributed by atoms with Crippen LogP contribution in [0.2, 0.25) is 0 Å². The van der Waals surface area contributed by atoms with Gasteiger partial charge in [0.1, 0.15) is 23.1 Å². The lowest BCUT2D eigenvalue weighted by molar-refractivity contribution is -0.140. The van der Waals surface area contributed by atoms with Crippen LogP contribution in [0.15, 0.2) is 34.4 Å². The highest BCUT2D eigenvalue weighted by molar-refractivity contribution is 7.89. The van der Waals surface area contributed by atoms with Gasteiger partial charge in [-0.2, -0.15) is 0 Å². The van der Waals surface area contributed by atoms with Gasteiger partial charge in [-0.05, 0) is 18.2 Å². The maximum atomic E-state index is 12.2. The monoisotopic (exact) mass is 386 g/mol. The van der Waals surface area contributed by atoms with Gasteiger partial charge >= 0.3 is 11.9 Å². The summed E-state index contributed by atoms with van der Waals surface area (Å²) in [6.07, 6.45) is 0. The molecule has 0 unspecified atom stereocenters. The highest BCUT2D eigenvalue weighted by Gasteiger charge is 2.33. The van der Waals surface area contributed by atoms with E-state index in [4.69, 9.17) is 19.3 Å². The number of ether oxygens (including phenoxy) is 4.